The summed E-state index contributed by atoms with van der Waals surface area (Å²) in [6, 6.07) is 8.47. The fraction of sp³-hybridized carbons (Fsp3) is 0.278. The molecule has 0 aromatic heterocycles. The van der Waals surface area contributed by atoms with Crippen molar-refractivity contribution in [3.8, 4) is 0 Å². The Labute approximate surface area is 169 Å². The first-order valence-corrected chi connectivity index (χ1v) is 10.2. The van der Waals surface area contributed by atoms with Gasteiger partial charge in [-0.05, 0) is 30.3 Å². The summed E-state index contributed by atoms with van der Waals surface area (Å²) in [5, 5.41) is 10.9. The van der Waals surface area contributed by atoms with Gasteiger partial charge in [-0.1, -0.05) is 6.07 Å². The number of nitro benzene ring substituents is 1. The molecule has 0 radical (unpaired) electrons. The quantitative estimate of drug-likeness (QED) is 0.534. The highest BCUT2D eigenvalue weighted by Crippen LogP contribution is 2.29. The molecule has 30 heavy (non-hydrogen) atoms. The lowest BCUT2D eigenvalue weighted by Gasteiger charge is -2.34. The lowest BCUT2D eigenvalue weighted by Crippen LogP contribution is -2.50. The fourth-order valence-corrected chi connectivity index (χ4v) is 4.48. The Morgan fingerprint density at radius 1 is 1.00 bits per heavy atom. The van der Waals surface area contributed by atoms with Gasteiger partial charge in [0.2, 0.25) is 10.0 Å². The molecule has 0 spiro atoms. The second-order valence-electron chi connectivity index (χ2n) is 6.53. The van der Waals surface area contributed by atoms with Crippen LogP contribution in [0, 0.1) is 10.1 Å². The molecule has 0 aliphatic carbocycles. The number of carbonyl (C=O) groups is 1. The van der Waals surface area contributed by atoms with Crippen molar-refractivity contribution in [1.29, 1.82) is 0 Å². The van der Waals surface area contributed by atoms with Crippen LogP contribution in [0.3, 0.4) is 0 Å². The van der Waals surface area contributed by atoms with Gasteiger partial charge in [0.15, 0.2) is 0 Å². The maximum absolute atomic E-state index is 12.7. The number of sulfonamides is 1. The number of hydrogen-bond donors (Lipinski definition) is 0. The average molecular weight is 443 g/mol. The van der Waals surface area contributed by atoms with Crippen LogP contribution in [-0.2, 0) is 16.2 Å². The van der Waals surface area contributed by atoms with E-state index in [1.807, 2.05) is 0 Å². The largest absolute Gasteiger partial charge is 0.416 e. The molecule has 0 unspecified atom stereocenters. The van der Waals surface area contributed by atoms with Crippen molar-refractivity contribution in [3.63, 3.8) is 0 Å². The summed E-state index contributed by atoms with van der Waals surface area (Å²) in [4.78, 5) is 23.8. The third-order valence-electron chi connectivity index (χ3n) is 4.65. The van der Waals surface area contributed by atoms with E-state index in [4.69, 9.17) is 0 Å². The number of rotatable bonds is 4. The van der Waals surface area contributed by atoms with E-state index in [-0.39, 0.29) is 42.3 Å². The molecular formula is C18H16F3N3O5S. The molecule has 1 fully saturated rings. The summed E-state index contributed by atoms with van der Waals surface area (Å²) in [7, 11) is -3.99. The van der Waals surface area contributed by atoms with Gasteiger partial charge in [-0.15, -0.1) is 0 Å². The Morgan fingerprint density at radius 2 is 1.60 bits per heavy atom. The summed E-state index contributed by atoms with van der Waals surface area (Å²) < 4.78 is 64.5. The zero-order valence-corrected chi connectivity index (χ0v) is 16.2. The molecule has 8 nitrogen and oxygen atoms in total. The van der Waals surface area contributed by atoms with Crippen molar-refractivity contribution >= 4 is 21.6 Å². The first kappa shape index (κ1) is 21.7. The molecule has 3 rings (SSSR count). The average Bonchev–Trinajstić information content (AvgIpc) is 2.73. The van der Waals surface area contributed by atoms with Crippen LogP contribution >= 0.6 is 0 Å². The van der Waals surface area contributed by atoms with Crippen molar-refractivity contribution in [3.05, 3.63) is 69.8 Å². The second kappa shape index (κ2) is 8.03. The minimum absolute atomic E-state index is 0.0357. The monoisotopic (exact) mass is 443 g/mol. The SMILES string of the molecule is O=C(c1ccc(C(F)(F)F)cc1)N1CCN(S(=O)(=O)c2cccc([N+](=O)[O-])c2)CC1. The Hall–Kier alpha value is -2.99. The van der Waals surface area contributed by atoms with Crippen LogP contribution in [0.1, 0.15) is 15.9 Å². The Balaban J connectivity index is 1.69. The number of carbonyl (C=O) groups excluding carboxylic acids is 1. The number of non-ortho nitro benzene ring substituents is 1. The second-order valence-corrected chi connectivity index (χ2v) is 8.46. The predicted octanol–water partition coefficient (Wildman–Crippen LogP) is 2.76. The Bertz CT molecular complexity index is 1060. The van der Waals surface area contributed by atoms with Gasteiger partial charge in [0.05, 0.1) is 15.4 Å². The van der Waals surface area contributed by atoms with Gasteiger partial charge >= 0.3 is 6.18 Å². The summed E-state index contributed by atoms with van der Waals surface area (Å²) in [6.45, 7) is -0.0170. The smallest absolute Gasteiger partial charge is 0.336 e. The van der Waals surface area contributed by atoms with Crippen LogP contribution in [0.5, 0.6) is 0 Å². The summed E-state index contributed by atoms with van der Waals surface area (Å²) in [5.74, 6) is -0.504. The maximum Gasteiger partial charge on any atom is 0.416 e. The number of halogens is 3. The van der Waals surface area contributed by atoms with E-state index in [1.165, 1.54) is 23.1 Å². The highest BCUT2D eigenvalue weighted by Gasteiger charge is 2.33. The first-order chi connectivity index (χ1) is 14.0. The van der Waals surface area contributed by atoms with Crippen LogP contribution in [0.4, 0.5) is 18.9 Å². The van der Waals surface area contributed by atoms with E-state index < -0.39 is 32.6 Å². The van der Waals surface area contributed by atoms with Gasteiger partial charge in [-0.25, -0.2) is 8.42 Å². The normalized spacial score (nSPS) is 15.8. The summed E-state index contributed by atoms with van der Waals surface area (Å²) in [5.41, 5.74) is -1.16. The van der Waals surface area contributed by atoms with Gasteiger partial charge in [-0.2, -0.15) is 17.5 Å². The molecule has 0 atom stereocenters. The highest BCUT2D eigenvalue weighted by molar-refractivity contribution is 7.89. The molecule has 1 aliphatic heterocycles. The van der Waals surface area contributed by atoms with Crippen molar-refractivity contribution in [2.75, 3.05) is 26.2 Å². The maximum atomic E-state index is 12.7. The molecule has 0 N–H and O–H groups in total. The molecule has 160 valence electrons. The zero-order chi connectivity index (χ0) is 22.1. The lowest BCUT2D eigenvalue weighted by molar-refractivity contribution is -0.385. The fourth-order valence-electron chi connectivity index (χ4n) is 3.02. The minimum atomic E-state index is -4.51. The molecule has 12 heteroatoms. The number of benzene rings is 2. The van der Waals surface area contributed by atoms with Gasteiger partial charge < -0.3 is 4.90 Å². The van der Waals surface area contributed by atoms with Crippen LogP contribution in [0.2, 0.25) is 0 Å². The first-order valence-electron chi connectivity index (χ1n) is 8.71. The highest BCUT2D eigenvalue weighted by atomic mass is 32.2. The van der Waals surface area contributed by atoms with E-state index in [2.05, 4.69) is 0 Å². The molecule has 0 bridgehead atoms. The predicted molar refractivity (Wildman–Crippen MR) is 99.2 cm³/mol. The standard InChI is InChI=1S/C18H16F3N3O5S/c19-18(20,21)14-6-4-13(5-7-14)17(25)22-8-10-23(11-9-22)30(28,29)16-3-1-2-15(12-16)24(26)27/h1-7,12H,8-11H2. The molecular weight excluding hydrogens is 427 g/mol. The third kappa shape index (κ3) is 4.44. The van der Waals surface area contributed by atoms with Crippen LogP contribution in [0.15, 0.2) is 53.4 Å². The van der Waals surface area contributed by atoms with Crippen molar-refractivity contribution in [2.45, 2.75) is 11.1 Å². The molecule has 0 saturated carbocycles. The molecule has 1 amide bonds. The topological polar surface area (TPSA) is 101 Å². The van der Waals surface area contributed by atoms with Gasteiger partial charge in [0, 0.05) is 43.9 Å². The third-order valence-corrected chi connectivity index (χ3v) is 6.55. The minimum Gasteiger partial charge on any atom is -0.336 e. The number of nitro groups is 1. The number of piperazine rings is 1. The number of hydrogen-bond acceptors (Lipinski definition) is 5. The van der Waals surface area contributed by atoms with Crippen molar-refractivity contribution < 1.29 is 31.3 Å². The van der Waals surface area contributed by atoms with E-state index in [1.54, 1.807) is 0 Å². The summed E-state index contributed by atoms with van der Waals surface area (Å²) in [6.07, 6.45) is -4.51. The number of amides is 1. The van der Waals surface area contributed by atoms with E-state index in [9.17, 15) is 36.5 Å². The van der Waals surface area contributed by atoms with Gasteiger partial charge in [0.25, 0.3) is 11.6 Å². The lowest BCUT2D eigenvalue weighted by atomic mass is 10.1. The molecule has 1 saturated heterocycles. The van der Waals surface area contributed by atoms with Gasteiger partial charge in [0.1, 0.15) is 0 Å². The van der Waals surface area contributed by atoms with Gasteiger partial charge in [-0.3, -0.25) is 14.9 Å². The van der Waals surface area contributed by atoms with Crippen molar-refractivity contribution in [2.24, 2.45) is 0 Å². The van der Waals surface area contributed by atoms with Crippen LogP contribution in [0.25, 0.3) is 0 Å². The zero-order valence-electron chi connectivity index (χ0n) is 15.4. The van der Waals surface area contributed by atoms with Crippen LogP contribution in [-0.4, -0.2) is 54.6 Å². The Kier molecular flexibility index (Phi) is 5.81. The van der Waals surface area contributed by atoms with E-state index in [0.717, 1.165) is 34.6 Å². The number of nitrogens with zero attached hydrogens (tertiary/aromatic N) is 3. The summed E-state index contributed by atoms with van der Waals surface area (Å²) >= 11 is 0. The number of alkyl halides is 3. The molecule has 1 aliphatic rings. The van der Waals surface area contributed by atoms with E-state index in [0.29, 0.717) is 0 Å². The molecule has 1 heterocycles. The molecule has 2 aromatic carbocycles. The van der Waals surface area contributed by atoms with Crippen LogP contribution < -0.4 is 0 Å². The molecule has 2 aromatic rings. The van der Waals surface area contributed by atoms with E-state index >= 15 is 0 Å². The Morgan fingerprint density at radius 3 is 2.13 bits per heavy atom. The van der Waals surface area contributed by atoms with Crippen molar-refractivity contribution in [1.82, 2.24) is 9.21 Å².